The molecule has 6 heteroatoms. The van der Waals surface area contributed by atoms with Crippen molar-refractivity contribution in [1.82, 2.24) is 10.3 Å². The summed E-state index contributed by atoms with van der Waals surface area (Å²) in [6, 6.07) is 13.6. The van der Waals surface area contributed by atoms with E-state index in [1.807, 2.05) is 26.0 Å². The number of aliphatic hydroxyl groups is 1. The number of benzene rings is 2. The topological polar surface area (TPSA) is 82.2 Å². The first kappa shape index (κ1) is 19.8. The van der Waals surface area contributed by atoms with E-state index < -0.39 is 5.92 Å². The number of carbonyl (C=O) groups excluding carboxylic acids is 1. The third kappa shape index (κ3) is 3.97. The molecule has 0 saturated carbocycles. The minimum atomic E-state index is -0.626. The van der Waals surface area contributed by atoms with Gasteiger partial charge >= 0.3 is 0 Å². The van der Waals surface area contributed by atoms with Crippen LogP contribution < -0.4 is 10.9 Å². The van der Waals surface area contributed by atoms with Crippen LogP contribution >= 0.6 is 0 Å². The number of H-pyrrole nitrogens is 1. The van der Waals surface area contributed by atoms with Crippen molar-refractivity contribution >= 4 is 16.7 Å². The lowest BCUT2D eigenvalue weighted by Gasteiger charge is -2.20. The number of amides is 1. The smallest absolute Gasteiger partial charge is 0.252 e. The number of hydrogen-bond acceptors (Lipinski definition) is 3. The summed E-state index contributed by atoms with van der Waals surface area (Å²) in [7, 11) is 0. The molecule has 5 nitrogen and oxygen atoms in total. The Kier molecular flexibility index (Phi) is 5.90. The van der Waals surface area contributed by atoms with Crippen LogP contribution in [0.5, 0.6) is 0 Å². The van der Waals surface area contributed by atoms with Gasteiger partial charge in [-0.05, 0) is 35.1 Å². The number of halogens is 1. The summed E-state index contributed by atoms with van der Waals surface area (Å²) in [5.74, 6) is -1.34. The molecule has 1 atom stereocenters. The van der Waals surface area contributed by atoms with Crippen LogP contribution in [0.15, 0.2) is 53.3 Å². The first-order valence-corrected chi connectivity index (χ1v) is 9.23. The fourth-order valence-electron chi connectivity index (χ4n) is 3.39. The van der Waals surface area contributed by atoms with E-state index in [0.29, 0.717) is 22.2 Å². The highest BCUT2D eigenvalue weighted by Crippen LogP contribution is 2.26. The van der Waals surface area contributed by atoms with Gasteiger partial charge in [0.05, 0.1) is 12.5 Å². The monoisotopic (exact) mass is 382 g/mol. The molecule has 1 aromatic heterocycles. The fraction of sp³-hybridized carbons (Fsp3) is 0.273. The molecule has 0 radical (unpaired) electrons. The number of hydrogen-bond donors (Lipinski definition) is 3. The van der Waals surface area contributed by atoms with Crippen LogP contribution in [-0.4, -0.2) is 29.1 Å². The standard InChI is InChI=1S/C22H23FN2O3/c1-13(2)20(22(28)24-10-11-26)16-8-9-19(25-21(16)27)15-7-6-14-4-3-5-18(23)17(14)12-15/h3-9,12-13,20,26H,10-11H2,1-2H3,(H,24,28)(H,25,27). The van der Waals surface area contributed by atoms with E-state index in [-0.39, 0.29) is 36.4 Å². The number of carbonyl (C=O) groups is 1. The molecule has 0 fully saturated rings. The van der Waals surface area contributed by atoms with Gasteiger partial charge in [0.2, 0.25) is 5.91 Å². The molecule has 3 rings (SSSR count). The number of rotatable bonds is 6. The predicted molar refractivity (Wildman–Crippen MR) is 108 cm³/mol. The summed E-state index contributed by atoms with van der Waals surface area (Å²) < 4.78 is 14.1. The van der Waals surface area contributed by atoms with E-state index in [9.17, 15) is 14.0 Å². The summed E-state index contributed by atoms with van der Waals surface area (Å²) in [6.07, 6.45) is 0. The molecule has 1 heterocycles. The Morgan fingerprint density at radius 2 is 1.96 bits per heavy atom. The van der Waals surface area contributed by atoms with Gasteiger partial charge in [-0.25, -0.2) is 4.39 Å². The van der Waals surface area contributed by atoms with Gasteiger partial charge in [0.15, 0.2) is 0 Å². The quantitative estimate of drug-likeness (QED) is 0.612. The Labute approximate surface area is 162 Å². The third-order valence-electron chi connectivity index (χ3n) is 4.78. The second-order valence-corrected chi connectivity index (χ2v) is 7.07. The maximum atomic E-state index is 14.1. The Morgan fingerprint density at radius 1 is 1.18 bits per heavy atom. The molecule has 0 bridgehead atoms. The lowest BCUT2D eigenvalue weighted by Crippen LogP contribution is -2.36. The van der Waals surface area contributed by atoms with Gasteiger partial charge < -0.3 is 15.4 Å². The van der Waals surface area contributed by atoms with Gasteiger partial charge in [-0.15, -0.1) is 0 Å². The minimum absolute atomic E-state index is 0.0968. The summed E-state index contributed by atoms with van der Waals surface area (Å²) >= 11 is 0. The fourth-order valence-corrected chi connectivity index (χ4v) is 3.39. The van der Waals surface area contributed by atoms with Gasteiger partial charge in [-0.2, -0.15) is 0 Å². The molecule has 0 aliphatic carbocycles. The lowest BCUT2D eigenvalue weighted by atomic mass is 9.88. The van der Waals surface area contributed by atoms with Crippen molar-refractivity contribution in [3.05, 3.63) is 70.3 Å². The average Bonchev–Trinajstić information content (AvgIpc) is 2.67. The third-order valence-corrected chi connectivity index (χ3v) is 4.78. The molecule has 1 amide bonds. The van der Waals surface area contributed by atoms with Gasteiger partial charge in [0.25, 0.3) is 5.56 Å². The molecular weight excluding hydrogens is 359 g/mol. The molecular formula is C22H23FN2O3. The number of pyridine rings is 1. The van der Waals surface area contributed by atoms with Crippen LogP contribution in [0.2, 0.25) is 0 Å². The Bertz CT molecular complexity index is 1060. The molecule has 0 aliphatic heterocycles. The van der Waals surface area contributed by atoms with E-state index in [1.54, 1.807) is 30.3 Å². The highest BCUT2D eigenvalue weighted by molar-refractivity contribution is 5.87. The van der Waals surface area contributed by atoms with Crippen LogP contribution in [0.25, 0.3) is 22.0 Å². The maximum absolute atomic E-state index is 14.1. The highest BCUT2D eigenvalue weighted by atomic mass is 19.1. The van der Waals surface area contributed by atoms with E-state index in [1.165, 1.54) is 6.07 Å². The zero-order valence-electron chi connectivity index (χ0n) is 15.8. The maximum Gasteiger partial charge on any atom is 0.252 e. The van der Waals surface area contributed by atoms with Crippen molar-refractivity contribution in [2.24, 2.45) is 5.92 Å². The lowest BCUT2D eigenvalue weighted by molar-refractivity contribution is -0.123. The Morgan fingerprint density at radius 3 is 2.64 bits per heavy atom. The zero-order chi connectivity index (χ0) is 20.3. The molecule has 2 aromatic carbocycles. The number of aliphatic hydroxyl groups excluding tert-OH is 1. The van der Waals surface area contributed by atoms with Crippen molar-refractivity contribution in [2.75, 3.05) is 13.2 Å². The van der Waals surface area contributed by atoms with Crippen molar-refractivity contribution in [2.45, 2.75) is 19.8 Å². The minimum Gasteiger partial charge on any atom is -0.395 e. The van der Waals surface area contributed by atoms with Crippen LogP contribution in [0.1, 0.15) is 25.3 Å². The van der Waals surface area contributed by atoms with Crippen molar-refractivity contribution in [1.29, 1.82) is 0 Å². The first-order chi connectivity index (χ1) is 13.4. The Hall–Kier alpha value is -2.99. The van der Waals surface area contributed by atoms with E-state index in [2.05, 4.69) is 10.3 Å². The molecule has 1 unspecified atom stereocenters. The molecule has 146 valence electrons. The summed E-state index contributed by atoms with van der Waals surface area (Å²) in [6.45, 7) is 3.70. The molecule has 0 saturated heterocycles. The van der Waals surface area contributed by atoms with Crippen molar-refractivity contribution < 1.29 is 14.3 Å². The molecule has 3 N–H and O–H groups in total. The molecule has 0 aliphatic rings. The predicted octanol–water partition coefficient (Wildman–Crippen LogP) is 3.18. The highest BCUT2D eigenvalue weighted by Gasteiger charge is 2.26. The van der Waals surface area contributed by atoms with Gasteiger partial charge in [-0.3, -0.25) is 9.59 Å². The van der Waals surface area contributed by atoms with Gasteiger partial charge in [0.1, 0.15) is 5.82 Å². The molecule has 0 spiro atoms. The van der Waals surface area contributed by atoms with Crippen LogP contribution in [0.3, 0.4) is 0 Å². The molecule has 28 heavy (non-hydrogen) atoms. The largest absolute Gasteiger partial charge is 0.395 e. The van der Waals surface area contributed by atoms with E-state index in [4.69, 9.17) is 5.11 Å². The molecule has 3 aromatic rings. The number of aromatic nitrogens is 1. The van der Waals surface area contributed by atoms with E-state index in [0.717, 1.165) is 5.39 Å². The van der Waals surface area contributed by atoms with E-state index >= 15 is 0 Å². The SMILES string of the molecule is CC(C)C(C(=O)NCCO)c1ccc(-c2ccc3cccc(F)c3c2)[nH]c1=O. The van der Waals surface area contributed by atoms with Crippen molar-refractivity contribution in [3.8, 4) is 11.3 Å². The van der Waals surface area contributed by atoms with Crippen LogP contribution in [0.4, 0.5) is 4.39 Å². The normalized spacial score (nSPS) is 12.3. The number of nitrogens with one attached hydrogen (secondary N) is 2. The summed E-state index contributed by atoms with van der Waals surface area (Å²) in [5.41, 5.74) is 1.24. The van der Waals surface area contributed by atoms with Gasteiger partial charge in [-0.1, -0.05) is 44.2 Å². The average molecular weight is 382 g/mol. The number of aromatic amines is 1. The second-order valence-electron chi connectivity index (χ2n) is 7.07. The first-order valence-electron chi connectivity index (χ1n) is 9.23. The summed E-state index contributed by atoms with van der Waals surface area (Å²) in [5, 5.41) is 12.8. The van der Waals surface area contributed by atoms with Crippen molar-refractivity contribution in [3.63, 3.8) is 0 Å². The zero-order valence-corrected chi connectivity index (χ0v) is 15.8. The number of fused-ring (bicyclic) bond motifs is 1. The summed E-state index contributed by atoms with van der Waals surface area (Å²) in [4.78, 5) is 27.9. The van der Waals surface area contributed by atoms with Gasteiger partial charge in [0, 0.05) is 23.2 Å². The second kappa shape index (κ2) is 8.35. The van der Waals surface area contributed by atoms with Crippen LogP contribution in [0, 0.1) is 11.7 Å². The Balaban J connectivity index is 1.99. The van der Waals surface area contributed by atoms with Crippen LogP contribution in [-0.2, 0) is 4.79 Å².